The molecule has 1 N–H and O–H groups in total. The Morgan fingerprint density at radius 1 is 1.09 bits per heavy atom. The minimum absolute atomic E-state index is 0.0483. The second-order valence-corrected chi connectivity index (χ2v) is 11.0. The molecule has 4 saturated carbocycles. The summed E-state index contributed by atoms with van der Waals surface area (Å²) in [7, 11) is 0. The summed E-state index contributed by atoms with van der Waals surface area (Å²) < 4.78 is 1.83. The Bertz CT molecular complexity index is 1130. The van der Waals surface area contributed by atoms with Crippen LogP contribution in [0.3, 0.4) is 0 Å². The van der Waals surface area contributed by atoms with Crippen LogP contribution in [-0.4, -0.2) is 21.7 Å². The highest BCUT2D eigenvalue weighted by atomic mass is 35.5. The molecule has 4 aliphatic rings. The van der Waals surface area contributed by atoms with Crippen LogP contribution in [0.15, 0.2) is 48.5 Å². The van der Waals surface area contributed by atoms with Gasteiger partial charge in [0.05, 0.1) is 5.52 Å². The molecule has 7 rings (SSSR count). The van der Waals surface area contributed by atoms with Crippen LogP contribution < -0.4 is 5.32 Å². The summed E-state index contributed by atoms with van der Waals surface area (Å²) >= 11 is 6.30. The molecule has 1 atom stereocenters. The zero-order valence-electron chi connectivity index (χ0n) is 18.6. The molecule has 2 aromatic carbocycles. The highest BCUT2D eigenvalue weighted by Gasteiger charge is 2.53. The molecule has 0 unspecified atom stereocenters. The van der Waals surface area contributed by atoms with E-state index in [0.717, 1.165) is 39.9 Å². The lowest BCUT2D eigenvalue weighted by atomic mass is 9.48. The molecule has 1 amide bonds. The first-order valence-electron chi connectivity index (χ1n) is 12.0. The van der Waals surface area contributed by atoms with Crippen molar-refractivity contribution in [3.05, 3.63) is 53.6 Å². The minimum atomic E-state index is 0.0483. The van der Waals surface area contributed by atoms with Crippen molar-refractivity contribution < 1.29 is 4.79 Å². The first kappa shape index (κ1) is 20.3. The molecule has 0 aliphatic heterocycles. The van der Waals surface area contributed by atoms with Crippen LogP contribution in [0.4, 0.5) is 0 Å². The largest absolute Gasteiger partial charge is 0.351 e. The summed E-state index contributed by atoms with van der Waals surface area (Å²) in [5.41, 5.74) is 3.14. The van der Waals surface area contributed by atoms with E-state index in [0.29, 0.717) is 10.4 Å². The van der Waals surface area contributed by atoms with Crippen molar-refractivity contribution in [1.29, 1.82) is 0 Å². The number of carbonyl (C=O) groups is 1. The quantitative estimate of drug-likeness (QED) is 0.515. The van der Waals surface area contributed by atoms with E-state index in [2.05, 4.69) is 12.2 Å². The summed E-state index contributed by atoms with van der Waals surface area (Å²) in [6, 6.07) is 16.1. The van der Waals surface area contributed by atoms with E-state index < -0.39 is 0 Å². The summed E-state index contributed by atoms with van der Waals surface area (Å²) in [5, 5.41) is 9.87. The monoisotopic (exact) mass is 447 g/mol. The molecule has 0 radical (unpaired) electrons. The van der Waals surface area contributed by atoms with Crippen molar-refractivity contribution in [3.8, 4) is 11.3 Å². The zero-order valence-corrected chi connectivity index (χ0v) is 19.3. The maximum Gasteiger partial charge on any atom is 0.241 e. The van der Waals surface area contributed by atoms with Gasteiger partial charge in [-0.2, -0.15) is 5.10 Å². The molecule has 4 fully saturated rings. The third kappa shape index (κ3) is 3.44. The summed E-state index contributed by atoms with van der Waals surface area (Å²) in [6.45, 7) is 2.46. The van der Waals surface area contributed by atoms with Crippen LogP contribution in [0.1, 0.15) is 45.4 Å². The summed E-state index contributed by atoms with van der Waals surface area (Å²) in [4.78, 5) is 13.2. The van der Waals surface area contributed by atoms with Gasteiger partial charge in [0.25, 0.3) is 0 Å². The van der Waals surface area contributed by atoms with E-state index in [1.54, 1.807) is 0 Å². The van der Waals surface area contributed by atoms with Crippen molar-refractivity contribution >= 4 is 28.4 Å². The van der Waals surface area contributed by atoms with Crippen molar-refractivity contribution in [1.82, 2.24) is 15.1 Å². The van der Waals surface area contributed by atoms with Crippen LogP contribution in [-0.2, 0) is 11.3 Å². The molecule has 32 heavy (non-hydrogen) atoms. The fourth-order valence-electron chi connectivity index (χ4n) is 7.37. The van der Waals surface area contributed by atoms with E-state index >= 15 is 0 Å². The Labute approximate surface area is 194 Å². The van der Waals surface area contributed by atoms with E-state index in [-0.39, 0.29) is 18.5 Å². The number of hydrogen-bond donors (Lipinski definition) is 1. The molecule has 166 valence electrons. The van der Waals surface area contributed by atoms with Gasteiger partial charge in [-0.25, -0.2) is 0 Å². The molecule has 4 bridgehead atoms. The molecule has 0 spiro atoms. The number of amides is 1. The molecule has 0 saturated heterocycles. The highest BCUT2D eigenvalue weighted by molar-refractivity contribution is 6.31. The SMILES string of the molecule is C[C@@H](NC(=O)Cn1nc(-c2ccccc2)c2cc(Cl)ccc21)C12CC3CC(CC(C3)C1)C2. The lowest BCUT2D eigenvalue weighted by Crippen LogP contribution is -2.56. The Morgan fingerprint density at radius 3 is 2.41 bits per heavy atom. The standard InChI is InChI=1S/C27H30ClN3O/c1-17(27-13-18-9-19(14-27)11-20(10-18)15-27)29-25(32)16-31-24-8-7-22(28)12-23(24)26(30-31)21-5-3-2-4-6-21/h2-8,12,17-20H,9-11,13-16H2,1H3,(H,29,32)/t17-,18?,19?,20?,27?/m1/s1. The molecule has 1 heterocycles. The first-order chi connectivity index (χ1) is 15.5. The average molecular weight is 448 g/mol. The number of aromatic nitrogens is 2. The molecular formula is C27H30ClN3O. The maximum absolute atomic E-state index is 13.2. The van der Waals surface area contributed by atoms with Gasteiger partial charge in [-0.1, -0.05) is 41.9 Å². The van der Waals surface area contributed by atoms with Crippen molar-refractivity contribution in [2.45, 2.75) is 58.0 Å². The van der Waals surface area contributed by atoms with Crippen LogP contribution in [0.25, 0.3) is 22.2 Å². The topological polar surface area (TPSA) is 46.9 Å². The van der Waals surface area contributed by atoms with Gasteiger partial charge in [0, 0.05) is 22.0 Å². The van der Waals surface area contributed by atoms with Gasteiger partial charge in [0.1, 0.15) is 12.2 Å². The number of benzene rings is 2. The number of halogens is 1. The van der Waals surface area contributed by atoms with Gasteiger partial charge in [0.15, 0.2) is 0 Å². The van der Waals surface area contributed by atoms with Crippen LogP contribution in [0.5, 0.6) is 0 Å². The Hall–Kier alpha value is -2.33. The Morgan fingerprint density at radius 2 is 1.75 bits per heavy atom. The third-order valence-corrected chi connectivity index (χ3v) is 8.67. The van der Waals surface area contributed by atoms with E-state index in [1.807, 2.05) is 53.2 Å². The molecule has 4 nitrogen and oxygen atoms in total. The number of nitrogens with one attached hydrogen (secondary N) is 1. The molecule has 5 heteroatoms. The van der Waals surface area contributed by atoms with Crippen molar-refractivity contribution in [3.63, 3.8) is 0 Å². The van der Waals surface area contributed by atoms with Crippen LogP contribution in [0, 0.1) is 23.2 Å². The van der Waals surface area contributed by atoms with E-state index in [9.17, 15) is 4.79 Å². The second kappa shape index (κ2) is 7.62. The van der Waals surface area contributed by atoms with Crippen molar-refractivity contribution in [2.75, 3.05) is 0 Å². The highest BCUT2D eigenvalue weighted by Crippen LogP contribution is 2.61. The number of nitrogens with zero attached hydrogens (tertiary/aromatic N) is 2. The fraction of sp³-hybridized carbons (Fsp3) is 0.481. The fourth-order valence-corrected chi connectivity index (χ4v) is 7.54. The Kier molecular flexibility index (Phi) is 4.83. The zero-order chi connectivity index (χ0) is 21.9. The molecular weight excluding hydrogens is 418 g/mol. The van der Waals surface area contributed by atoms with E-state index in [4.69, 9.17) is 16.7 Å². The number of rotatable bonds is 5. The lowest BCUT2D eigenvalue weighted by Gasteiger charge is -2.59. The van der Waals surface area contributed by atoms with Gasteiger partial charge in [-0.05, 0) is 86.8 Å². The summed E-state index contributed by atoms with van der Waals surface area (Å²) in [6.07, 6.45) is 8.14. The van der Waals surface area contributed by atoms with E-state index in [1.165, 1.54) is 38.5 Å². The average Bonchev–Trinajstić information content (AvgIpc) is 3.10. The number of fused-ring (bicyclic) bond motifs is 1. The predicted molar refractivity (Wildman–Crippen MR) is 128 cm³/mol. The predicted octanol–water partition coefficient (Wildman–Crippen LogP) is 6.08. The summed E-state index contributed by atoms with van der Waals surface area (Å²) in [5.74, 6) is 2.70. The first-order valence-corrected chi connectivity index (χ1v) is 12.4. The smallest absolute Gasteiger partial charge is 0.241 e. The molecule has 3 aromatic rings. The van der Waals surface area contributed by atoms with Gasteiger partial charge >= 0.3 is 0 Å². The van der Waals surface area contributed by atoms with Gasteiger partial charge < -0.3 is 5.32 Å². The minimum Gasteiger partial charge on any atom is -0.351 e. The lowest BCUT2D eigenvalue weighted by molar-refractivity contribution is -0.126. The Balaban J connectivity index is 1.25. The maximum atomic E-state index is 13.2. The van der Waals surface area contributed by atoms with Gasteiger partial charge in [0.2, 0.25) is 5.91 Å². The van der Waals surface area contributed by atoms with Crippen LogP contribution in [0.2, 0.25) is 5.02 Å². The molecule has 1 aromatic heterocycles. The second-order valence-electron chi connectivity index (χ2n) is 10.6. The molecule has 4 aliphatic carbocycles. The number of carbonyl (C=O) groups excluding carboxylic acids is 1. The van der Waals surface area contributed by atoms with Crippen molar-refractivity contribution in [2.24, 2.45) is 23.2 Å². The van der Waals surface area contributed by atoms with Gasteiger partial charge in [-0.3, -0.25) is 9.48 Å². The third-order valence-electron chi connectivity index (χ3n) is 8.43. The van der Waals surface area contributed by atoms with Gasteiger partial charge in [-0.15, -0.1) is 0 Å². The van der Waals surface area contributed by atoms with Crippen LogP contribution >= 0.6 is 11.6 Å². The number of hydrogen-bond acceptors (Lipinski definition) is 2. The normalized spacial score (nSPS) is 29.4.